The molecule has 13 heavy (non-hydrogen) atoms. The van der Waals surface area contributed by atoms with Crippen LogP contribution in [-0.4, -0.2) is 43.0 Å². The highest BCUT2D eigenvalue weighted by molar-refractivity contribution is 6.07. The molecular weight excluding hydrogens is 172 g/mol. The summed E-state index contributed by atoms with van der Waals surface area (Å²) >= 11 is 0. The largest absolute Gasteiger partial charge is 0.380 e. The summed E-state index contributed by atoms with van der Waals surface area (Å²) in [5.74, 6) is -1.03. The fraction of sp³-hybridized carbons (Fsp3) is 0.625. The molecule has 0 spiro atoms. The predicted octanol–water partition coefficient (Wildman–Crippen LogP) is -1.08. The van der Waals surface area contributed by atoms with Crippen LogP contribution in [0.3, 0.4) is 0 Å². The molecule has 1 rings (SSSR count). The number of ether oxygens (including phenoxy) is 1. The number of hydrogen-bond acceptors (Lipinski definition) is 3. The molecule has 0 aromatic heterocycles. The number of primary amides is 1. The zero-order chi connectivity index (χ0) is 9.84. The molecule has 0 unspecified atom stereocenters. The molecule has 0 bridgehead atoms. The molecule has 1 aliphatic heterocycles. The Bertz CT molecular complexity index is 217. The number of methoxy groups -OCH3 is 1. The molecule has 1 fully saturated rings. The molecule has 1 atom stereocenters. The summed E-state index contributed by atoms with van der Waals surface area (Å²) in [6.45, 7) is 1.17. The van der Waals surface area contributed by atoms with Gasteiger partial charge in [-0.15, -0.1) is 0 Å². The van der Waals surface area contributed by atoms with Crippen LogP contribution in [0.4, 0.5) is 0 Å². The van der Waals surface area contributed by atoms with Gasteiger partial charge in [-0.1, -0.05) is 0 Å². The zero-order valence-electron chi connectivity index (χ0n) is 7.53. The van der Waals surface area contributed by atoms with Gasteiger partial charge in [0.25, 0.3) is 0 Å². The first-order valence-corrected chi connectivity index (χ1v) is 4.09. The van der Waals surface area contributed by atoms with Crippen molar-refractivity contribution in [1.82, 2.24) is 4.90 Å². The fourth-order valence-corrected chi connectivity index (χ4v) is 1.33. The van der Waals surface area contributed by atoms with Gasteiger partial charge < -0.3 is 15.4 Å². The molecule has 0 aromatic rings. The van der Waals surface area contributed by atoms with Crippen LogP contribution in [0.2, 0.25) is 0 Å². The normalized spacial score (nSPS) is 21.9. The van der Waals surface area contributed by atoms with Crippen molar-refractivity contribution in [2.75, 3.05) is 20.2 Å². The Kier molecular flexibility index (Phi) is 3.25. The highest BCUT2D eigenvalue weighted by Crippen LogP contribution is 2.12. The number of hydrogen-bond donors (Lipinski definition) is 1. The van der Waals surface area contributed by atoms with Gasteiger partial charge in [0.1, 0.15) is 6.42 Å². The van der Waals surface area contributed by atoms with Crippen molar-refractivity contribution in [2.45, 2.75) is 12.5 Å². The first kappa shape index (κ1) is 9.98. The second-order valence-electron chi connectivity index (χ2n) is 2.98. The molecule has 73 valence electrons. The molecule has 2 N–H and O–H groups in total. The maximum absolute atomic E-state index is 11.2. The van der Waals surface area contributed by atoms with E-state index in [9.17, 15) is 9.59 Å². The van der Waals surface area contributed by atoms with Crippen molar-refractivity contribution in [1.29, 1.82) is 0 Å². The molecule has 0 aliphatic carbocycles. The summed E-state index contributed by atoms with van der Waals surface area (Å²) in [5, 5.41) is 0. The van der Waals surface area contributed by atoms with Crippen LogP contribution in [0.25, 0.3) is 0 Å². The minimum absolute atomic E-state index is 0.0882. The van der Waals surface area contributed by atoms with E-state index in [0.717, 1.165) is 12.8 Å². The topological polar surface area (TPSA) is 72.6 Å². The fourth-order valence-electron chi connectivity index (χ4n) is 1.33. The number of rotatable bonds is 3. The molecule has 5 nitrogen and oxygen atoms in total. The molecule has 1 saturated heterocycles. The molecule has 0 saturated carbocycles. The SMILES string of the molecule is CO[C@@H]1CCN(C(=O)[CH]C(N)=O)C1. The van der Waals surface area contributed by atoms with Gasteiger partial charge in [0, 0.05) is 20.2 Å². The minimum atomic E-state index is -0.703. The third-order valence-electron chi connectivity index (χ3n) is 2.06. The highest BCUT2D eigenvalue weighted by Gasteiger charge is 2.26. The molecule has 0 aromatic carbocycles. The molecule has 5 heteroatoms. The van der Waals surface area contributed by atoms with Crippen LogP contribution < -0.4 is 5.73 Å². The molecule has 1 aliphatic rings. The van der Waals surface area contributed by atoms with Crippen molar-refractivity contribution in [3.05, 3.63) is 6.42 Å². The summed E-state index contributed by atoms with van der Waals surface area (Å²) in [7, 11) is 1.61. The van der Waals surface area contributed by atoms with Crippen LogP contribution in [0, 0.1) is 6.42 Å². The van der Waals surface area contributed by atoms with Crippen molar-refractivity contribution >= 4 is 11.8 Å². The van der Waals surface area contributed by atoms with Gasteiger partial charge in [-0.3, -0.25) is 9.59 Å². The Morgan fingerprint density at radius 2 is 2.31 bits per heavy atom. The third-order valence-corrected chi connectivity index (χ3v) is 2.06. The summed E-state index contributed by atoms with van der Waals surface area (Å²) < 4.78 is 5.07. The molecule has 1 radical (unpaired) electrons. The number of carbonyl (C=O) groups is 2. The van der Waals surface area contributed by atoms with Gasteiger partial charge in [-0.05, 0) is 6.42 Å². The minimum Gasteiger partial charge on any atom is -0.380 e. The van der Waals surface area contributed by atoms with E-state index in [4.69, 9.17) is 10.5 Å². The van der Waals surface area contributed by atoms with Crippen molar-refractivity contribution in [3.63, 3.8) is 0 Å². The number of carbonyl (C=O) groups excluding carboxylic acids is 2. The van der Waals surface area contributed by atoms with Gasteiger partial charge in [0.15, 0.2) is 0 Å². The van der Waals surface area contributed by atoms with E-state index in [1.807, 2.05) is 0 Å². The standard InChI is InChI=1S/C8H13N2O3/c1-13-6-2-3-10(5-6)8(12)4-7(9)11/h4,6H,2-3,5H2,1H3,(H2,9,11)/t6-/m1/s1. The lowest BCUT2D eigenvalue weighted by molar-refractivity contribution is -0.129. The van der Waals surface area contributed by atoms with Gasteiger partial charge in [-0.2, -0.15) is 0 Å². The van der Waals surface area contributed by atoms with Gasteiger partial charge >= 0.3 is 0 Å². The summed E-state index contributed by atoms with van der Waals surface area (Å²) in [6, 6.07) is 0. The van der Waals surface area contributed by atoms with Crippen LogP contribution in [0.1, 0.15) is 6.42 Å². The average Bonchev–Trinajstić information content (AvgIpc) is 2.50. The smallest absolute Gasteiger partial charge is 0.236 e. The van der Waals surface area contributed by atoms with Crippen LogP contribution in [-0.2, 0) is 14.3 Å². The lowest BCUT2D eigenvalue weighted by Crippen LogP contribution is -2.33. The second-order valence-corrected chi connectivity index (χ2v) is 2.98. The quantitative estimate of drug-likeness (QED) is 0.568. The Morgan fingerprint density at radius 3 is 2.77 bits per heavy atom. The van der Waals surface area contributed by atoms with E-state index in [1.54, 1.807) is 12.0 Å². The maximum Gasteiger partial charge on any atom is 0.236 e. The lowest BCUT2D eigenvalue weighted by Gasteiger charge is -2.14. The Labute approximate surface area is 76.8 Å². The Balaban J connectivity index is 2.37. The van der Waals surface area contributed by atoms with Gasteiger partial charge in [-0.25, -0.2) is 0 Å². The van der Waals surface area contributed by atoms with Crippen molar-refractivity contribution in [2.24, 2.45) is 5.73 Å². The summed E-state index contributed by atoms with van der Waals surface area (Å²) in [6.07, 6.45) is 1.80. The van der Waals surface area contributed by atoms with Gasteiger partial charge in [0.05, 0.1) is 6.10 Å². The van der Waals surface area contributed by atoms with E-state index >= 15 is 0 Å². The van der Waals surface area contributed by atoms with Crippen molar-refractivity contribution < 1.29 is 14.3 Å². The number of nitrogens with zero attached hydrogens (tertiary/aromatic N) is 1. The predicted molar refractivity (Wildman–Crippen MR) is 45.5 cm³/mol. The van der Waals surface area contributed by atoms with Crippen LogP contribution >= 0.6 is 0 Å². The first-order chi connectivity index (χ1) is 6.13. The maximum atomic E-state index is 11.2. The monoisotopic (exact) mass is 185 g/mol. The molecular formula is C8H13N2O3. The van der Waals surface area contributed by atoms with E-state index in [0.29, 0.717) is 13.1 Å². The Hall–Kier alpha value is -1.10. The lowest BCUT2D eigenvalue weighted by atomic mass is 10.3. The highest BCUT2D eigenvalue weighted by atomic mass is 16.5. The average molecular weight is 185 g/mol. The zero-order valence-corrected chi connectivity index (χ0v) is 7.53. The number of likely N-dealkylation sites (tertiary alicyclic amines) is 1. The number of amides is 2. The number of nitrogens with two attached hydrogens (primary N) is 1. The molecule has 2 amide bonds. The van der Waals surface area contributed by atoms with Gasteiger partial charge in [0.2, 0.25) is 11.8 Å². The van der Waals surface area contributed by atoms with E-state index in [2.05, 4.69) is 0 Å². The van der Waals surface area contributed by atoms with Crippen LogP contribution in [0.15, 0.2) is 0 Å². The molecule has 1 heterocycles. The van der Waals surface area contributed by atoms with E-state index in [1.165, 1.54) is 0 Å². The van der Waals surface area contributed by atoms with E-state index in [-0.39, 0.29) is 12.0 Å². The summed E-state index contributed by atoms with van der Waals surface area (Å²) in [5.41, 5.74) is 4.85. The Morgan fingerprint density at radius 1 is 1.62 bits per heavy atom. The van der Waals surface area contributed by atoms with E-state index < -0.39 is 5.91 Å². The summed E-state index contributed by atoms with van der Waals surface area (Å²) in [4.78, 5) is 23.2. The van der Waals surface area contributed by atoms with Crippen molar-refractivity contribution in [3.8, 4) is 0 Å². The second kappa shape index (κ2) is 4.23. The third kappa shape index (κ3) is 2.69. The van der Waals surface area contributed by atoms with Crippen LogP contribution in [0.5, 0.6) is 0 Å². The first-order valence-electron chi connectivity index (χ1n) is 4.09.